The van der Waals surface area contributed by atoms with Crippen LogP contribution >= 0.6 is 11.8 Å². The van der Waals surface area contributed by atoms with Gasteiger partial charge in [0.1, 0.15) is 11.6 Å². The maximum atomic E-state index is 13.1. The summed E-state index contributed by atoms with van der Waals surface area (Å²) < 4.78 is 18.1. The van der Waals surface area contributed by atoms with Gasteiger partial charge in [-0.3, -0.25) is 0 Å². The van der Waals surface area contributed by atoms with Crippen molar-refractivity contribution in [3.8, 4) is 5.75 Å². The lowest BCUT2D eigenvalue weighted by Crippen LogP contribution is -2.30. The van der Waals surface area contributed by atoms with Gasteiger partial charge in [-0.15, -0.1) is 0 Å². The Bertz CT molecular complexity index is 416. The monoisotopic (exact) mass is 286 g/mol. The molecule has 0 aliphatic carbocycles. The van der Waals surface area contributed by atoms with Crippen LogP contribution in [0.3, 0.4) is 0 Å². The molecule has 4 nitrogen and oxygen atoms in total. The Hall–Kier alpha value is -1.43. The van der Waals surface area contributed by atoms with E-state index < -0.39 is 5.82 Å². The van der Waals surface area contributed by atoms with Crippen molar-refractivity contribution in [3.05, 3.63) is 24.0 Å². The number of anilines is 1. The minimum Gasteiger partial charge on any atom is -0.495 e. The fraction of sp³-hybridized carbons (Fsp3) is 0.462. The number of amides is 2. The van der Waals surface area contributed by atoms with E-state index in [0.29, 0.717) is 18.0 Å². The second-order valence-corrected chi connectivity index (χ2v) is 5.06. The topological polar surface area (TPSA) is 50.4 Å². The van der Waals surface area contributed by atoms with Crippen molar-refractivity contribution in [2.45, 2.75) is 13.3 Å². The lowest BCUT2D eigenvalue weighted by atomic mass is 10.3. The van der Waals surface area contributed by atoms with E-state index >= 15 is 0 Å². The minimum absolute atomic E-state index is 0.321. The number of ether oxygens (including phenoxy) is 1. The first kappa shape index (κ1) is 15.6. The number of hydrogen-bond acceptors (Lipinski definition) is 3. The first-order chi connectivity index (χ1) is 9.17. The van der Waals surface area contributed by atoms with Crippen molar-refractivity contribution < 1.29 is 13.9 Å². The highest BCUT2D eigenvalue weighted by Crippen LogP contribution is 2.24. The molecule has 106 valence electrons. The molecule has 0 fully saturated rings. The molecule has 0 atom stereocenters. The van der Waals surface area contributed by atoms with Crippen LogP contribution in [-0.2, 0) is 0 Å². The van der Waals surface area contributed by atoms with E-state index in [0.717, 1.165) is 17.9 Å². The fourth-order valence-electron chi connectivity index (χ4n) is 1.43. The molecule has 0 heterocycles. The highest BCUT2D eigenvalue weighted by molar-refractivity contribution is 7.99. The molecule has 0 aromatic heterocycles. The molecule has 0 aliphatic heterocycles. The smallest absolute Gasteiger partial charge is 0.319 e. The summed E-state index contributed by atoms with van der Waals surface area (Å²) in [5.41, 5.74) is 0.321. The summed E-state index contributed by atoms with van der Waals surface area (Å²) in [5.74, 6) is 1.95. The zero-order valence-corrected chi connectivity index (χ0v) is 12.0. The van der Waals surface area contributed by atoms with Crippen molar-refractivity contribution in [1.82, 2.24) is 5.32 Å². The van der Waals surface area contributed by atoms with Gasteiger partial charge in [-0.05, 0) is 24.3 Å². The van der Waals surface area contributed by atoms with Crippen LogP contribution in [-0.4, -0.2) is 31.2 Å². The van der Waals surface area contributed by atoms with Crippen LogP contribution in [0.15, 0.2) is 18.2 Å². The van der Waals surface area contributed by atoms with Crippen LogP contribution in [0.1, 0.15) is 13.3 Å². The first-order valence-electron chi connectivity index (χ1n) is 6.13. The molecule has 2 N–H and O–H groups in total. The summed E-state index contributed by atoms with van der Waals surface area (Å²) in [6.07, 6.45) is 1.12. The first-order valence-corrected chi connectivity index (χ1v) is 7.29. The average Bonchev–Trinajstić information content (AvgIpc) is 2.39. The molecule has 0 spiro atoms. The third-order valence-corrected chi connectivity index (χ3v) is 3.48. The molecule has 0 aliphatic rings. The van der Waals surface area contributed by atoms with Crippen LogP contribution in [0.25, 0.3) is 0 Å². The van der Waals surface area contributed by atoms with E-state index in [1.54, 1.807) is 11.8 Å². The Kier molecular flexibility index (Phi) is 7.10. The highest BCUT2D eigenvalue weighted by Gasteiger charge is 2.08. The predicted octanol–water partition coefficient (Wildman–Crippen LogP) is 3.10. The molecule has 1 aromatic rings. The predicted molar refractivity (Wildman–Crippen MR) is 77.6 cm³/mol. The van der Waals surface area contributed by atoms with Crippen molar-refractivity contribution >= 4 is 23.5 Å². The zero-order chi connectivity index (χ0) is 14.1. The van der Waals surface area contributed by atoms with E-state index in [9.17, 15) is 9.18 Å². The summed E-state index contributed by atoms with van der Waals surface area (Å²) in [6, 6.07) is 3.62. The van der Waals surface area contributed by atoms with Crippen molar-refractivity contribution in [2.24, 2.45) is 0 Å². The number of urea groups is 1. The molecule has 0 bridgehead atoms. The Morgan fingerprint density at radius 1 is 1.42 bits per heavy atom. The third-order valence-electron chi connectivity index (χ3n) is 2.29. The van der Waals surface area contributed by atoms with Crippen molar-refractivity contribution in [3.63, 3.8) is 0 Å². The number of benzene rings is 1. The lowest BCUT2D eigenvalue weighted by molar-refractivity contribution is 0.252. The van der Waals surface area contributed by atoms with Crippen LogP contribution in [0.4, 0.5) is 14.9 Å². The summed E-state index contributed by atoms with van der Waals surface area (Å²) in [6.45, 7) is 2.69. The van der Waals surface area contributed by atoms with Gasteiger partial charge in [0.25, 0.3) is 0 Å². The lowest BCUT2D eigenvalue weighted by Gasteiger charge is -2.11. The normalized spacial score (nSPS) is 10.1. The van der Waals surface area contributed by atoms with Gasteiger partial charge in [-0.1, -0.05) is 6.92 Å². The van der Waals surface area contributed by atoms with E-state index in [1.165, 1.54) is 25.3 Å². The highest BCUT2D eigenvalue weighted by atomic mass is 32.2. The van der Waals surface area contributed by atoms with Crippen molar-refractivity contribution in [2.75, 3.05) is 30.5 Å². The van der Waals surface area contributed by atoms with Crippen LogP contribution in [0.2, 0.25) is 0 Å². The van der Waals surface area contributed by atoms with E-state index in [2.05, 4.69) is 17.6 Å². The Labute approximate surface area is 117 Å². The fourth-order valence-corrected chi connectivity index (χ4v) is 2.17. The van der Waals surface area contributed by atoms with Crippen LogP contribution in [0, 0.1) is 5.82 Å². The van der Waals surface area contributed by atoms with Crippen LogP contribution < -0.4 is 15.4 Å². The second-order valence-electron chi connectivity index (χ2n) is 3.84. The van der Waals surface area contributed by atoms with Gasteiger partial charge in [0.05, 0.1) is 12.8 Å². The number of rotatable bonds is 7. The number of thioether (sulfide) groups is 1. The Morgan fingerprint density at radius 3 is 2.89 bits per heavy atom. The number of halogens is 1. The van der Waals surface area contributed by atoms with E-state index in [4.69, 9.17) is 4.74 Å². The molecule has 1 aromatic carbocycles. The van der Waals surface area contributed by atoms with Gasteiger partial charge < -0.3 is 15.4 Å². The quantitative estimate of drug-likeness (QED) is 0.757. The zero-order valence-electron chi connectivity index (χ0n) is 11.2. The van der Waals surface area contributed by atoms with E-state index in [1.807, 2.05) is 0 Å². The molecule has 0 saturated heterocycles. The van der Waals surface area contributed by atoms with Gasteiger partial charge in [-0.2, -0.15) is 11.8 Å². The van der Waals surface area contributed by atoms with E-state index in [-0.39, 0.29) is 6.03 Å². The number of hydrogen-bond donors (Lipinski definition) is 2. The Morgan fingerprint density at radius 2 is 2.21 bits per heavy atom. The van der Waals surface area contributed by atoms with Gasteiger partial charge >= 0.3 is 6.03 Å². The molecule has 0 unspecified atom stereocenters. The molecular weight excluding hydrogens is 267 g/mol. The maximum Gasteiger partial charge on any atom is 0.319 e. The van der Waals surface area contributed by atoms with Crippen molar-refractivity contribution in [1.29, 1.82) is 0 Å². The average molecular weight is 286 g/mol. The molecule has 0 saturated carbocycles. The molecule has 2 amide bonds. The van der Waals surface area contributed by atoms with Gasteiger partial charge in [-0.25, -0.2) is 9.18 Å². The summed E-state index contributed by atoms with van der Waals surface area (Å²) in [5, 5.41) is 5.28. The van der Waals surface area contributed by atoms with Gasteiger partial charge in [0, 0.05) is 18.4 Å². The molecular formula is C13H19FN2O2S. The second kappa shape index (κ2) is 8.63. The van der Waals surface area contributed by atoms with Gasteiger partial charge in [0.15, 0.2) is 0 Å². The third kappa shape index (κ3) is 5.83. The molecule has 19 heavy (non-hydrogen) atoms. The SMILES string of the molecule is CCCSCCNC(=O)Nc1cc(F)ccc1OC. The number of methoxy groups -OCH3 is 1. The Balaban J connectivity index is 2.41. The number of carbonyl (C=O) groups excluding carboxylic acids is 1. The van der Waals surface area contributed by atoms with Gasteiger partial charge in [0.2, 0.25) is 0 Å². The van der Waals surface area contributed by atoms with Crippen LogP contribution in [0.5, 0.6) is 5.75 Å². The minimum atomic E-state index is -0.422. The summed E-state index contributed by atoms with van der Waals surface area (Å²) >= 11 is 1.78. The summed E-state index contributed by atoms with van der Waals surface area (Å²) in [4.78, 5) is 11.6. The number of carbonyl (C=O) groups is 1. The molecule has 1 rings (SSSR count). The molecule has 0 radical (unpaired) electrons. The maximum absolute atomic E-state index is 13.1. The summed E-state index contributed by atoms with van der Waals surface area (Å²) in [7, 11) is 1.47. The standard InChI is InChI=1S/C13H19FN2O2S/c1-3-7-19-8-6-15-13(17)16-11-9-10(14)4-5-12(11)18-2/h4-5,9H,3,6-8H2,1-2H3,(H2,15,16,17). The molecule has 6 heteroatoms. The number of nitrogens with one attached hydrogen (secondary N) is 2. The largest absolute Gasteiger partial charge is 0.495 e.